The summed E-state index contributed by atoms with van der Waals surface area (Å²) in [7, 11) is 1.66. The van der Waals surface area contributed by atoms with E-state index >= 15 is 0 Å². The molecule has 35 heavy (non-hydrogen) atoms. The number of aryl methyl sites for hydroxylation is 2. The molecule has 0 amide bonds. The van der Waals surface area contributed by atoms with Crippen molar-refractivity contribution in [3.05, 3.63) is 95.3 Å². The van der Waals surface area contributed by atoms with Gasteiger partial charge in [-0.25, -0.2) is 4.98 Å². The van der Waals surface area contributed by atoms with Crippen LogP contribution in [0.1, 0.15) is 36.4 Å². The van der Waals surface area contributed by atoms with Crippen LogP contribution in [0.2, 0.25) is 5.02 Å². The number of para-hydroxylation sites is 2. The van der Waals surface area contributed by atoms with E-state index in [1.54, 1.807) is 7.11 Å². The zero-order chi connectivity index (χ0) is 24.8. The summed E-state index contributed by atoms with van der Waals surface area (Å²) in [5, 5.41) is 0.726. The topological polar surface area (TPSA) is 45.5 Å². The third-order valence-corrected chi connectivity index (χ3v) is 6.31. The van der Waals surface area contributed by atoms with Crippen LogP contribution < -0.4 is 14.2 Å². The van der Waals surface area contributed by atoms with Crippen LogP contribution in [0.15, 0.2) is 73.3 Å². The standard InChI is InChI=1S/C29H31ClN2O3/c1-5-9-22-12-15-27(28(19-22)33-4)34-17-8-16-32-26-11-7-6-10-25(26)31-29(32)21(3)35-23-13-14-24(30)20(2)18-23/h5-7,10-15,18-19,21H,1,8-9,16-17H2,2-4H3. The number of aromatic nitrogens is 2. The minimum atomic E-state index is -0.235. The monoisotopic (exact) mass is 490 g/mol. The molecule has 0 radical (unpaired) electrons. The number of hydrogen-bond donors (Lipinski definition) is 0. The van der Waals surface area contributed by atoms with E-state index in [4.69, 9.17) is 30.8 Å². The smallest absolute Gasteiger partial charge is 0.161 e. The van der Waals surface area contributed by atoms with Crippen molar-refractivity contribution in [2.45, 2.75) is 39.3 Å². The van der Waals surface area contributed by atoms with Gasteiger partial charge in [-0.3, -0.25) is 0 Å². The highest BCUT2D eigenvalue weighted by molar-refractivity contribution is 6.31. The van der Waals surface area contributed by atoms with Gasteiger partial charge in [0.1, 0.15) is 5.75 Å². The molecule has 1 atom stereocenters. The first-order valence-electron chi connectivity index (χ1n) is 11.8. The number of rotatable bonds is 11. The molecule has 0 saturated carbocycles. The lowest BCUT2D eigenvalue weighted by atomic mass is 10.1. The van der Waals surface area contributed by atoms with Crippen LogP contribution in [0.25, 0.3) is 11.0 Å². The van der Waals surface area contributed by atoms with Crippen molar-refractivity contribution in [3.63, 3.8) is 0 Å². The molecule has 182 valence electrons. The summed E-state index contributed by atoms with van der Waals surface area (Å²) in [5.74, 6) is 3.13. The highest BCUT2D eigenvalue weighted by atomic mass is 35.5. The Morgan fingerprint density at radius 1 is 1.09 bits per heavy atom. The van der Waals surface area contributed by atoms with Crippen molar-refractivity contribution < 1.29 is 14.2 Å². The zero-order valence-electron chi connectivity index (χ0n) is 20.5. The highest BCUT2D eigenvalue weighted by Gasteiger charge is 2.18. The van der Waals surface area contributed by atoms with Gasteiger partial charge in [-0.2, -0.15) is 0 Å². The van der Waals surface area contributed by atoms with Gasteiger partial charge in [0.2, 0.25) is 0 Å². The molecule has 0 N–H and O–H groups in total. The molecule has 1 heterocycles. The number of ether oxygens (including phenoxy) is 3. The fourth-order valence-electron chi connectivity index (χ4n) is 4.12. The summed E-state index contributed by atoms with van der Waals surface area (Å²) in [6.07, 6.45) is 3.24. The van der Waals surface area contributed by atoms with Gasteiger partial charge in [-0.15, -0.1) is 6.58 Å². The third kappa shape index (κ3) is 5.80. The summed E-state index contributed by atoms with van der Waals surface area (Å²) in [5.41, 5.74) is 4.15. The fourth-order valence-corrected chi connectivity index (χ4v) is 4.23. The number of hydrogen-bond acceptors (Lipinski definition) is 4. The van der Waals surface area contributed by atoms with E-state index in [2.05, 4.69) is 17.2 Å². The van der Waals surface area contributed by atoms with E-state index in [0.29, 0.717) is 6.61 Å². The summed E-state index contributed by atoms with van der Waals surface area (Å²) in [6.45, 7) is 9.09. The van der Waals surface area contributed by atoms with E-state index in [-0.39, 0.29) is 6.10 Å². The highest BCUT2D eigenvalue weighted by Crippen LogP contribution is 2.30. The number of imidazole rings is 1. The number of allylic oxidation sites excluding steroid dienone is 1. The quantitative estimate of drug-likeness (QED) is 0.163. The van der Waals surface area contributed by atoms with Crippen LogP contribution in [0.3, 0.4) is 0 Å². The first-order chi connectivity index (χ1) is 17.0. The Morgan fingerprint density at radius 2 is 1.91 bits per heavy atom. The predicted octanol–water partition coefficient (Wildman–Crippen LogP) is 7.34. The molecule has 4 aromatic rings. The van der Waals surface area contributed by atoms with Gasteiger partial charge in [-0.1, -0.05) is 35.9 Å². The normalized spacial score (nSPS) is 11.9. The molecular weight excluding hydrogens is 460 g/mol. The van der Waals surface area contributed by atoms with Crippen molar-refractivity contribution in [2.24, 2.45) is 0 Å². The predicted molar refractivity (Wildman–Crippen MR) is 142 cm³/mol. The molecule has 4 rings (SSSR count). The molecule has 0 bridgehead atoms. The van der Waals surface area contributed by atoms with Crippen LogP contribution in [0, 0.1) is 6.92 Å². The van der Waals surface area contributed by atoms with Gasteiger partial charge < -0.3 is 18.8 Å². The maximum absolute atomic E-state index is 6.25. The van der Waals surface area contributed by atoms with Crippen molar-refractivity contribution in [2.75, 3.05) is 13.7 Å². The van der Waals surface area contributed by atoms with Crippen LogP contribution in [-0.2, 0) is 13.0 Å². The molecule has 0 spiro atoms. The Hall–Kier alpha value is -3.44. The van der Waals surface area contributed by atoms with Crippen molar-refractivity contribution >= 4 is 22.6 Å². The number of methoxy groups -OCH3 is 1. The van der Waals surface area contributed by atoms with Crippen LogP contribution in [0.5, 0.6) is 17.2 Å². The SMILES string of the molecule is C=CCc1ccc(OCCCn2c(C(C)Oc3ccc(Cl)c(C)c3)nc3ccccc32)c(OC)c1. The lowest BCUT2D eigenvalue weighted by molar-refractivity contribution is 0.209. The van der Waals surface area contributed by atoms with Gasteiger partial charge in [0.15, 0.2) is 23.4 Å². The molecule has 1 aromatic heterocycles. The Balaban J connectivity index is 1.47. The molecule has 0 saturated heterocycles. The van der Waals surface area contributed by atoms with Gasteiger partial charge in [0.05, 0.1) is 24.8 Å². The number of nitrogens with zero attached hydrogens (tertiary/aromatic N) is 2. The van der Waals surface area contributed by atoms with Crippen LogP contribution in [0.4, 0.5) is 0 Å². The second-order valence-electron chi connectivity index (χ2n) is 8.46. The lowest BCUT2D eigenvalue weighted by Crippen LogP contribution is -2.13. The Morgan fingerprint density at radius 3 is 2.69 bits per heavy atom. The average molecular weight is 491 g/mol. The summed E-state index contributed by atoms with van der Waals surface area (Å²) >= 11 is 6.17. The van der Waals surface area contributed by atoms with Gasteiger partial charge in [0, 0.05) is 11.6 Å². The molecule has 0 aliphatic carbocycles. The van der Waals surface area contributed by atoms with Crippen LogP contribution >= 0.6 is 11.6 Å². The maximum atomic E-state index is 6.25. The number of halogens is 1. The minimum Gasteiger partial charge on any atom is -0.493 e. The molecule has 0 fully saturated rings. The largest absolute Gasteiger partial charge is 0.493 e. The molecule has 0 aliphatic heterocycles. The summed E-state index contributed by atoms with van der Waals surface area (Å²) < 4.78 is 20.0. The van der Waals surface area contributed by atoms with E-state index < -0.39 is 0 Å². The van der Waals surface area contributed by atoms with Gasteiger partial charge in [0.25, 0.3) is 0 Å². The first-order valence-corrected chi connectivity index (χ1v) is 12.2. The number of fused-ring (bicyclic) bond motifs is 1. The first kappa shape index (κ1) is 24.7. The second-order valence-corrected chi connectivity index (χ2v) is 8.87. The van der Waals surface area contributed by atoms with E-state index in [9.17, 15) is 0 Å². The van der Waals surface area contributed by atoms with E-state index in [1.807, 2.05) is 74.5 Å². The van der Waals surface area contributed by atoms with Crippen molar-refractivity contribution in [3.8, 4) is 17.2 Å². The minimum absolute atomic E-state index is 0.235. The molecule has 0 aliphatic rings. The number of benzene rings is 3. The van der Waals surface area contributed by atoms with Gasteiger partial charge in [-0.05, 0) is 80.3 Å². The van der Waals surface area contributed by atoms with Crippen LogP contribution in [-0.4, -0.2) is 23.3 Å². The Kier molecular flexibility index (Phi) is 7.98. The maximum Gasteiger partial charge on any atom is 0.161 e. The van der Waals surface area contributed by atoms with Gasteiger partial charge >= 0.3 is 0 Å². The lowest BCUT2D eigenvalue weighted by Gasteiger charge is -2.18. The summed E-state index contributed by atoms with van der Waals surface area (Å²) in [4.78, 5) is 4.88. The van der Waals surface area contributed by atoms with Crippen molar-refractivity contribution in [1.82, 2.24) is 9.55 Å². The molecule has 1 unspecified atom stereocenters. The van der Waals surface area contributed by atoms with E-state index in [0.717, 1.165) is 69.6 Å². The zero-order valence-corrected chi connectivity index (χ0v) is 21.2. The molecular formula is C29H31ClN2O3. The molecule has 5 nitrogen and oxygen atoms in total. The third-order valence-electron chi connectivity index (χ3n) is 5.88. The Bertz CT molecular complexity index is 1310. The molecule has 3 aromatic carbocycles. The van der Waals surface area contributed by atoms with E-state index in [1.165, 1.54) is 0 Å². The Labute approximate surface area is 211 Å². The second kappa shape index (κ2) is 11.3. The van der Waals surface area contributed by atoms with Crippen molar-refractivity contribution in [1.29, 1.82) is 0 Å². The fraction of sp³-hybridized carbons (Fsp3) is 0.276. The summed E-state index contributed by atoms with van der Waals surface area (Å²) in [6, 6.07) is 19.8. The molecule has 6 heteroatoms. The average Bonchev–Trinajstić information content (AvgIpc) is 3.23.